The molecule has 0 aliphatic carbocycles. The first-order valence-electron chi connectivity index (χ1n) is 16.7. The van der Waals surface area contributed by atoms with Gasteiger partial charge in [0.05, 0.1) is 19.1 Å². The third-order valence-corrected chi connectivity index (χ3v) is 14.3. The van der Waals surface area contributed by atoms with Crippen LogP contribution in [-0.4, -0.2) is 176 Å². The molecule has 0 aromatic heterocycles. The van der Waals surface area contributed by atoms with Gasteiger partial charge in [-0.15, -0.1) is 0 Å². The second kappa shape index (κ2) is 40.8. The molecule has 18 nitrogen and oxygen atoms in total. The monoisotopic (exact) mass is 887 g/mol. The number of ether oxygens (including phenoxy) is 3. The van der Waals surface area contributed by atoms with Gasteiger partial charge in [0.25, 0.3) is 0 Å². The van der Waals surface area contributed by atoms with E-state index in [0.717, 1.165) is 0 Å². The molecule has 0 aliphatic rings. The standard InChI is InChI=1S/C12H27NO6Si.2C8H16O4Si.C4H11NO2.4CH4/c1-9(7-13(10(2)14)11(3)15)12(16)19-8-20(6,17-4)18-5;2*1-7(2)8(9)12-6-13(5,10-3)11-4;6-3-1-5-2-4-7;;;;/h9-11,14-15H,7-8H2,1-6H3;2*1,6H2,2-5H3;5-7H,1-4H2;4*1H4. The number of nitrogens with one attached hydrogen (secondary N) is 1. The number of carbonyl (C=O) groups is 3. The summed E-state index contributed by atoms with van der Waals surface area (Å²) < 4.78 is 46.0. The average Bonchev–Trinajstić information content (AvgIpc) is 3.13. The molecule has 57 heavy (non-hydrogen) atoms. The van der Waals surface area contributed by atoms with E-state index in [9.17, 15) is 24.6 Å². The third-order valence-electron chi connectivity index (χ3n) is 7.12. The highest BCUT2D eigenvalue weighted by molar-refractivity contribution is 6.66. The summed E-state index contributed by atoms with van der Waals surface area (Å²) in [4.78, 5) is 35.3. The molecule has 21 heteroatoms. The van der Waals surface area contributed by atoms with Crippen LogP contribution in [0.25, 0.3) is 0 Å². The normalized spacial score (nSPS) is 12.1. The number of hydrogen-bond acceptors (Lipinski definition) is 18. The van der Waals surface area contributed by atoms with Gasteiger partial charge in [0.1, 0.15) is 31.1 Å². The van der Waals surface area contributed by atoms with Crippen molar-refractivity contribution >= 4 is 43.6 Å². The summed E-state index contributed by atoms with van der Waals surface area (Å²) in [5.41, 5.74) is 0.757. The van der Waals surface area contributed by atoms with Crippen molar-refractivity contribution in [3.63, 3.8) is 0 Å². The molecule has 0 saturated carbocycles. The van der Waals surface area contributed by atoms with Crippen LogP contribution in [0.5, 0.6) is 0 Å². The van der Waals surface area contributed by atoms with Crippen molar-refractivity contribution in [3.8, 4) is 0 Å². The second-order valence-corrected chi connectivity index (χ2v) is 22.1. The van der Waals surface area contributed by atoms with Gasteiger partial charge in [-0.2, -0.15) is 0 Å². The van der Waals surface area contributed by atoms with Gasteiger partial charge in [-0.05, 0) is 47.3 Å². The highest BCUT2D eigenvalue weighted by Gasteiger charge is 2.33. The first-order chi connectivity index (χ1) is 24.5. The zero-order chi connectivity index (χ0) is 42.4. The number of hydrogen-bond donors (Lipinski definition) is 5. The zero-order valence-electron chi connectivity index (χ0n) is 34.4. The Morgan fingerprint density at radius 1 is 0.596 bits per heavy atom. The summed E-state index contributed by atoms with van der Waals surface area (Å²) in [6, 6.07) is 0. The minimum atomic E-state index is -2.44. The van der Waals surface area contributed by atoms with Gasteiger partial charge in [0.2, 0.25) is 0 Å². The quantitative estimate of drug-likeness (QED) is 0.0248. The number of esters is 3. The molecule has 0 fully saturated rings. The van der Waals surface area contributed by atoms with Crippen LogP contribution in [0.1, 0.15) is 64.3 Å². The molecule has 0 spiro atoms. The smallest absolute Gasteiger partial charge is 0.373 e. The Morgan fingerprint density at radius 3 is 1.07 bits per heavy atom. The van der Waals surface area contributed by atoms with Crippen molar-refractivity contribution < 1.29 is 75.6 Å². The first kappa shape index (κ1) is 72.7. The van der Waals surface area contributed by atoms with Crippen LogP contribution >= 0.6 is 0 Å². The van der Waals surface area contributed by atoms with E-state index in [4.69, 9.17) is 51.0 Å². The van der Waals surface area contributed by atoms with Crippen LogP contribution < -0.4 is 5.32 Å². The topological polar surface area (TPSA) is 230 Å². The fourth-order valence-electron chi connectivity index (χ4n) is 2.88. The number of rotatable bonds is 23. The van der Waals surface area contributed by atoms with Crippen LogP contribution in [0.4, 0.5) is 0 Å². The van der Waals surface area contributed by atoms with E-state index < -0.39 is 62.0 Å². The molecule has 3 atom stereocenters. The fourth-order valence-corrected chi connectivity index (χ4v) is 5.28. The lowest BCUT2D eigenvalue weighted by Crippen LogP contribution is -2.46. The number of carbonyl (C=O) groups excluding carboxylic acids is 3. The maximum absolute atomic E-state index is 11.9. The SMILES string of the molecule is C.C.C.C.C=C(C)C(=O)OC[Si](C)(OC)OC.C=C(C)C(=O)OC[Si](C)(OC)OC.CO[Si](C)(COC(=O)C(C)CN(C(C)O)C(C)O)OC.OCCNCCO. The lowest BCUT2D eigenvalue weighted by molar-refractivity contribution is -0.151. The Kier molecular flexibility index (Phi) is 52.0. The molecule has 0 aromatic carbocycles. The molecule has 0 aliphatic heterocycles. The van der Waals surface area contributed by atoms with Gasteiger partial charge < -0.3 is 66.5 Å². The summed E-state index contributed by atoms with van der Waals surface area (Å²) in [6.45, 7) is 21.9. The zero-order valence-corrected chi connectivity index (χ0v) is 37.4. The highest BCUT2D eigenvalue weighted by atomic mass is 28.4. The lowest BCUT2D eigenvalue weighted by Gasteiger charge is -2.30. The Morgan fingerprint density at radius 2 is 0.860 bits per heavy atom. The molecular formula is C36H86N2O16Si3. The van der Waals surface area contributed by atoms with Gasteiger partial charge in [-0.1, -0.05) is 49.8 Å². The van der Waals surface area contributed by atoms with Gasteiger partial charge in [-0.25, -0.2) is 9.59 Å². The number of aliphatic hydroxyl groups excluding tert-OH is 4. The second-order valence-electron chi connectivity index (χ2n) is 12.0. The minimum Gasteiger partial charge on any atom is -0.464 e. The Hall–Kier alpha value is -1.94. The molecule has 0 heterocycles. The lowest BCUT2D eigenvalue weighted by atomic mass is 10.1. The van der Waals surface area contributed by atoms with Crippen LogP contribution in [0.15, 0.2) is 24.3 Å². The molecule has 0 aromatic rings. The van der Waals surface area contributed by atoms with Crippen LogP contribution in [-0.2, 0) is 55.2 Å². The Labute approximate surface area is 349 Å². The molecule has 0 radical (unpaired) electrons. The van der Waals surface area contributed by atoms with Gasteiger partial charge >= 0.3 is 43.6 Å². The molecule has 0 bridgehead atoms. The molecule has 348 valence electrons. The summed E-state index contributed by atoms with van der Waals surface area (Å²) in [6.07, 6.45) is -1.21. The molecule has 0 amide bonds. The van der Waals surface area contributed by atoms with Crippen LogP contribution in [0.3, 0.4) is 0 Å². The van der Waals surface area contributed by atoms with E-state index in [1.54, 1.807) is 55.8 Å². The average molecular weight is 887 g/mol. The van der Waals surface area contributed by atoms with Crippen molar-refractivity contribution in [3.05, 3.63) is 24.3 Å². The van der Waals surface area contributed by atoms with Gasteiger partial charge in [0.15, 0.2) is 0 Å². The van der Waals surface area contributed by atoms with Crippen molar-refractivity contribution in [2.75, 3.05) is 94.2 Å². The molecule has 5 N–H and O–H groups in total. The maximum atomic E-state index is 11.9. The summed E-state index contributed by atoms with van der Waals surface area (Å²) in [5.74, 6) is -1.71. The summed E-state index contributed by atoms with van der Waals surface area (Å²) in [5, 5.41) is 38.1. The van der Waals surface area contributed by atoms with Crippen LogP contribution in [0.2, 0.25) is 19.6 Å². The predicted molar refractivity (Wildman–Crippen MR) is 233 cm³/mol. The molecule has 0 rings (SSSR count). The van der Waals surface area contributed by atoms with E-state index in [-0.39, 0.29) is 68.2 Å². The van der Waals surface area contributed by atoms with Crippen molar-refractivity contribution in [2.45, 2.75) is 96.4 Å². The third kappa shape index (κ3) is 38.0. The highest BCUT2D eigenvalue weighted by Crippen LogP contribution is 2.11. The van der Waals surface area contributed by atoms with Crippen molar-refractivity contribution in [2.24, 2.45) is 5.92 Å². The Balaban J connectivity index is -0.0000000963. The van der Waals surface area contributed by atoms with Crippen molar-refractivity contribution in [1.82, 2.24) is 10.2 Å². The summed E-state index contributed by atoms with van der Waals surface area (Å²) in [7, 11) is 2.21. The number of nitrogens with zero attached hydrogens (tertiary/aromatic N) is 1. The van der Waals surface area contributed by atoms with Crippen LogP contribution in [0, 0.1) is 5.92 Å². The molecule has 3 unspecified atom stereocenters. The number of aliphatic hydroxyl groups is 4. The summed E-state index contributed by atoms with van der Waals surface area (Å²) >= 11 is 0. The molecular weight excluding hydrogens is 801 g/mol. The molecule has 0 saturated heterocycles. The van der Waals surface area contributed by atoms with Gasteiger partial charge in [0, 0.05) is 73.4 Å². The van der Waals surface area contributed by atoms with Crippen molar-refractivity contribution in [1.29, 1.82) is 0 Å². The van der Waals surface area contributed by atoms with E-state index in [2.05, 4.69) is 18.5 Å². The van der Waals surface area contributed by atoms with E-state index in [0.29, 0.717) is 24.2 Å². The Bertz CT molecular complexity index is 958. The van der Waals surface area contributed by atoms with Gasteiger partial charge in [-0.3, -0.25) is 9.69 Å². The predicted octanol–water partition coefficient (Wildman–Crippen LogP) is 3.17. The van der Waals surface area contributed by atoms with E-state index in [1.807, 2.05) is 13.1 Å². The fraction of sp³-hybridized carbons (Fsp3) is 0.806. The van der Waals surface area contributed by atoms with E-state index in [1.165, 1.54) is 33.0 Å². The minimum absolute atomic E-state index is 0. The maximum Gasteiger partial charge on any atom is 0.373 e. The largest absolute Gasteiger partial charge is 0.464 e. The first-order valence-corrected chi connectivity index (χ1v) is 24.2. The van der Waals surface area contributed by atoms with E-state index >= 15 is 0 Å².